The first-order valence-electron chi connectivity index (χ1n) is 6.87. The van der Waals surface area contributed by atoms with Gasteiger partial charge in [0, 0.05) is 19.6 Å². The van der Waals surface area contributed by atoms with Crippen molar-refractivity contribution in [1.29, 1.82) is 0 Å². The summed E-state index contributed by atoms with van der Waals surface area (Å²) in [7, 11) is 0. The summed E-state index contributed by atoms with van der Waals surface area (Å²) in [4.78, 5) is 22.7. The summed E-state index contributed by atoms with van der Waals surface area (Å²) >= 11 is 0. The molecule has 1 aromatic heterocycles. The van der Waals surface area contributed by atoms with Gasteiger partial charge >= 0.3 is 0 Å². The molecule has 1 amide bonds. The van der Waals surface area contributed by atoms with E-state index in [9.17, 15) is 4.79 Å². The minimum absolute atomic E-state index is 0.0155. The van der Waals surface area contributed by atoms with E-state index < -0.39 is 0 Å². The molecule has 1 fully saturated rings. The lowest BCUT2D eigenvalue weighted by Crippen LogP contribution is -2.31. The van der Waals surface area contributed by atoms with Crippen LogP contribution in [-0.2, 0) is 0 Å². The number of carbonyl (C=O) groups is 1. The van der Waals surface area contributed by atoms with Gasteiger partial charge in [-0.25, -0.2) is 4.98 Å². The molecule has 0 atom stereocenters. The van der Waals surface area contributed by atoms with Crippen LogP contribution in [0.1, 0.15) is 44.1 Å². The molecule has 1 N–H and O–H groups in total. The average molecular weight is 262 g/mol. The molecule has 0 aliphatic carbocycles. The highest BCUT2D eigenvalue weighted by molar-refractivity contribution is 5.92. The van der Waals surface area contributed by atoms with Gasteiger partial charge < -0.3 is 10.2 Å². The van der Waals surface area contributed by atoms with Crippen molar-refractivity contribution >= 4 is 11.7 Å². The summed E-state index contributed by atoms with van der Waals surface area (Å²) in [5, 5.41) is 3.15. The van der Waals surface area contributed by atoms with Gasteiger partial charge in [0.1, 0.15) is 11.5 Å². The fraction of sp³-hybridized carbons (Fsp3) is 0.643. The van der Waals surface area contributed by atoms with Crippen molar-refractivity contribution in [2.24, 2.45) is 5.41 Å². The Morgan fingerprint density at radius 2 is 2.26 bits per heavy atom. The zero-order valence-corrected chi connectivity index (χ0v) is 11.9. The van der Waals surface area contributed by atoms with E-state index >= 15 is 0 Å². The molecule has 0 spiro atoms. The molecule has 1 saturated heterocycles. The first-order chi connectivity index (χ1) is 9.02. The molecule has 0 radical (unpaired) electrons. The van der Waals surface area contributed by atoms with Crippen molar-refractivity contribution < 1.29 is 4.79 Å². The molecule has 5 nitrogen and oxygen atoms in total. The summed E-state index contributed by atoms with van der Waals surface area (Å²) in [6.07, 6.45) is 5.26. The molecule has 0 aromatic carbocycles. The highest BCUT2D eigenvalue weighted by Crippen LogP contribution is 2.29. The van der Waals surface area contributed by atoms with Crippen LogP contribution in [0.25, 0.3) is 0 Å². The van der Waals surface area contributed by atoms with E-state index in [2.05, 4.69) is 36.1 Å². The molecule has 0 unspecified atom stereocenters. The molecule has 1 aliphatic heterocycles. The second-order valence-corrected chi connectivity index (χ2v) is 5.86. The molecule has 0 bridgehead atoms. The van der Waals surface area contributed by atoms with Crippen molar-refractivity contribution in [2.45, 2.75) is 33.6 Å². The van der Waals surface area contributed by atoms with Crippen LogP contribution >= 0.6 is 0 Å². The molecule has 104 valence electrons. The van der Waals surface area contributed by atoms with Gasteiger partial charge in [0.05, 0.1) is 12.4 Å². The van der Waals surface area contributed by atoms with E-state index in [1.165, 1.54) is 0 Å². The van der Waals surface area contributed by atoms with Crippen molar-refractivity contribution in [3.05, 3.63) is 18.1 Å². The molecule has 19 heavy (non-hydrogen) atoms. The van der Waals surface area contributed by atoms with Crippen molar-refractivity contribution in [3.8, 4) is 0 Å². The monoisotopic (exact) mass is 262 g/mol. The number of likely N-dealkylation sites (tertiary alicyclic amines) is 1. The lowest BCUT2D eigenvalue weighted by Gasteiger charge is -2.19. The van der Waals surface area contributed by atoms with Crippen LogP contribution in [0.15, 0.2) is 12.4 Å². The van der Waals surface area contributed by atoms with Gasteiger partial charge in [0.15, 0.2) is 0 Å². The van der Waals surface area contributed by atoms with Gasteiger partial charge in [0.25, 0.3) is 5.91 Å². The third-order valence-electron chi connectivity index (χ3n) is 3.37. The van der Waals surface area contributed by atoms with Crippen LogP contribution < -0.4 is 5.32 Å². The molecule has 1 aromatic rings. The fourth-order valence-electron chi connectivity index (χ4n) is 2.26. The van der Waals surface area contributed by atoms with Crippen LogP contribution in [0.4, 0.5) is 5.82 Å². The van der Waals surface area contributed by atoms with E-state index in [4.69, 9.17) is 0 Å². The molecule has 1 aliphatic rings. The first-order valence-corrected chi connectivity index (χ1v) is 6.87. The van der Waals surface area contributed by atoms with Gasteiger partial charge in [-0.2, -0.15) is 0 Å². The number of carbonyl (C=O) groups excluding carboxylic acids is 1. The Hall–Kier alpha value is -1.65. The van der Waals surface area contributed by atoms with Crippen molar-refractivity contribution in [3.63, 3.8) is 0 Å². The van der Waals surface area contributed by atoms with Crippen LogP contribution in [0.2, 0.25) is 0 Å². The molecule has 5 heteroatoms. The van der Waals surface area contributed by atoms with E-state index in [1.54, 1.807) is 12.4 Å². The Kier molecular flexibility index (Phi) is 4.02. The zero-order valence-electron chi connectivity index (χ0n) is 11.9. The van der Waals surface area contributed by atoms with Gasteiger partial charge in [0.2, 0.25) is 0 Å². The number of nitrogens with zero attached hydrogens (tertiary/aromatic N) is 3. The maximum atomic E-state index is 12.4. The number of hydrogen-bond donors (Lipinski definition) is 1. The maximum Gasteiger partial charge on any atom is 0.274 e. The molecule has 0 saturated carbocycles. The van der Waals surface area contributed by atoms with Crippen LogP contribution in [0, 0.1) is 5.41 Å². The predicted molar refractivity (Wildman–Crippen MR) is 75.1 cm³/mol. The molecular weight excluding hydrogens is 240 g/mol. The third kappa shape index (κ3) is 3.43. The largest absolute Gasteiger partial charge is 0.369 e. The lowest BCUT2D eigenvalue weighted by molar-refractivity contribution is 0.0772. The second-order valence-electron chi connectivity index (χ2n) is 5.86. The van der Waals surface area contributed by atoms with Crippen LogP contribution in [0.5, 0.6) is 0 Å². The topological polar surface area (TPSA) is 58.1 Å². The summed E-state index contributed by atoms with van der Waals surface area (Å²) in [6.45, 7) is 8.89. The summed E-state index contributed by atoms with van der Waals surface area (Å²) < 4.78 is 0. The number of anilines is 1. The lowest BCUT2D eigenvalue weighted by atomic mass is 9.93. The van der Waals surface area contributed by atoms with Gasteiger partial charge in [-0.05, 0) is 18.3 Å². The Morgan fingerprint density at radius 3 is 2.89 bits per heavy atom. The number of nitrogens with one attached hydrogen (secondary N) is 1. The minimum atomic E-state index is -0.0155. The highest BCUT2D eigenvalue weighted by atomic mass is 16.2. The first kappa shape index (κ1) is 13.8. The Balaban J connectivity index is 2.07. The van der Waals surface area contributed by atoms with E-state index in [1.807, 2.05) is 4.90 Å². The summed E-state index contributed by atoms with van der Waals surface area (Å²) in [5.41, 5.74) is 0.639. The van der Waals surface area contributed by atoms with Crippen molar-refractivity contribution in [2.75, 3.05) is 25.0 Å². The average Bonchev–Trinajstić information content (AvgIpc) is 2.76. The Morgan fingerprint density at radius 1 is 1.47 bits per heavy atom. The number of hydrogen-bond acceptors (Lipinski definition) is 4. The quantitative estimate of drug-likeness (QED) is 0.903. The SMILES string of the molecule is CCCNc1cncc(C(=O)N2CCC(C)(C)C2)n1. The zero-order chi connectivity index (χ0) is 13.9. The standard InChI is InChI=1S/C14H22N4O/c1-4-6-16-12-9-15-8-11(17-12)13(19)18-7-5-14(2,3)10-18/h8-9H,4-7,10H2,1-3H3,(H,16,17). The molecule has 2 rings (SSSR count). The summed E-state index contributed by atoms with van der Waals surface area (Å²) in [6, 6.07) is 0. The summed E-state index contributed by atoms with van der Waals surface area (Å²) in [5.74, 6) is 0.657. The second kappa shape index (κ2) is 5.55. The van der Waals surface area contributed by atoms with Crippen LogP contribution in [0.3, 0.4) is 0 Å². The van der Waals surface area contributed by atoms with Gasteiger partial charge in [-0.15, -0.1) is 0 Å². The highest BCUT2D eigenvalue weighted by Gasteiger charge is 2.32. The smallest absolute Gasteiger partial charge is 0.274 e. The fourth-order valence-corrected chi connectivity index (χ4v) is 2.26. The van der Waals surface area contributed by atoms with Crippen molar-refractivity contribution in [1.82, 2.24) is 14.9 Å². The minimum Gasteiger partial charge on any atom is -0.369 e. The van der Waals surface area contributed by atoms with E-state index in [-0.39, 0.29) is 11.3 Å². The molecule has 2 heterocycles. The Bertz CT molecular complexity index is 459. The normalized spacial score (nSPS) is 17.5. The third-order valence-corrected chi connectivity index (χ3v) is 3.37. The number of amides is 1. The van der Waals surface area contributed by atoms with Gasteiger partial charge in [-0.3, -0.25) is 9.78 Å². The number of aromatic nitrogens is 2. The van der Waals surface area contributed by atoms with Gasteiger partial charge in [-0.1, -0.05) is 20.8 Å². The van der Waals surface area contributed by atoms with E-state index in [0.29, 0.717) is 11.5 Å². The molecular formula is C14H22N4O. The number of rotatable bonds is 4. The van der Waals surface area contributed by atoms with Crippen LogP contribution in [-0.4, -0.2) is 40.4 Å². The predicted octanol–water partition coefficient (Wildman–Crippen LogP) is 2.17. The Labute approximate surface area is 114 Å². The van der Waals surface area contributed by atoms with E-state index in [0.717, 1.165) is 32.5 Å². The maximum absolute atomic E-state index is 12.4.